The van der Waals surface area contributed by atoms with Crippen LogP contribution in [-0.2, 0) is 6.18 Å². The fraction of sp³-hybridized carbons (Fsp3) is 0.600. The summed E-state index contributed by atoms with van der Waals surface area (Å²) in [6.45, 7) is 6.96. The van der Waals surface area contributed by atoms with Crippen molar-refractivity contribution in [3.8, 4) is 0 Å². The van der Waals surface area contributed by atoms with Crippen LogP contribution in [0.3, 0.4) is 0 Å². The van der Waals surface area contributed by atoms with Crippen molar-refractivity contribution in [2.75, 3.05) is 18.0 Å². The Morgan fingerprint density at radius 2 is 2.05 bits per heavy atom. The van der Waals surface area contributed by atoms with Crippen LogP contribution < -0.4 is 10.2 Å². The fourth-order valence-electron chi connectivity index (χ4n) is 2.56. The minimum Gasteiger partial charge on any atom is -0.363 e. The third-order valence-corrected chi connectivity index (χ3v) is 4.24. The van der Waals surface area contributed by atoms with Gasteiger partial charge in [-0.25, -0.2) is 4.39 Å². The molecule has 1 N–H and O–H groups in total. The molecule has 1 aliphatic heterocycles. The molecule has 2 rings (SSSR count). The Hall–Kier alpha value is -1.30. The fourth-order valence-corrected chi connectivity index (χ4v) is 2.56. The Balaban J connectivity index is 2.39. The van der Waals surface area contributed by atoms with Gasteiger partial charge in [-0.2, -0.15) is 13.2 Å². The molecule has 6 heteroatoms. The quantitative estimate of drug-likeness (QED) is 0.836. The Morgan fingerprint density at radius 1 is 1.38 bits per heavy atom. The summed E-state index contributed by atoms with van der Waals surface area (Å²) in [6, 6.07) is 2.52. The topological polar surface area (TPSA) is 15.3 Å². The molecule has 0 bridgehead atoms. The minimum absolute atomic E-state index is 0.0264. The van der Waals surface area contributed by atoms with Gasteiger partial charge in [0.25, 0.3) is 0 Å². The van der Waals surface area contributed by atoms with E-state index in [0.29, 0.717) is 13.1 Å². The van der Waals surface area contributed by atoms with Gasteiger partial charge in [0.1, 0.15) is 5.82 Å². The van der Waals surface area contributed by atoms with Crippen molar-refractivity contribution in [3.05, 3.63) is 29.6 Å². The van der Waals surface area contributed by atoms with Crippen molar-refractivity contribution < 1.29 is 17.6 Å². The summed E-state index contributed by atoms with van der Waals surface area (Å²) in [6.07, 6.45) is -3.65. The monoisotopic (exact) mass is 304 g/mol. The summed E-state index contributed by atoms with van der Waals surface area (Å²) in [7, 11) is 0. The lowest BCUT2D eigenvalue weighted by molar-refractivity contribution is -0.137. The number of alkyl halides is 3. The van der Waals surface area contributed by atoms with E-state index in [4.69, 9.17) is 0 Å². The van der Waals surface area contributed by atoms with Gasteiger partial charge >= 0.3 is 6.18 Å². The highest BCUT2D eigenvalue weighted by Gasteiger charge is 2.36. The molecular weight excluding hydrogens is 284 g/mol. The maximum absolute atomic E-state index is 14.0. The van der Waals surface area contributed by atoms with E-state index in [-0.39, 0.29) is 17.3 Å². The van der Waals surface area contributed by atoms with Gasteiger partial charge < -0.3 is 10.2 Å². The largest absolute Gasteiger partial charge is 0.416 e. The number of rotatable bonds is 2. The molecule has 0 aromatic heterocycles. The average Bonchev–Trinajstić information content (AvgIpc) is 2.41. The first-order valence-electron chi connectivity index (χ1n) is 7.05. The lowest BCUT2D eigenvalue weighted by Crippen LogP contribution is -2.62. The van der Waals surface area contributed by atoms with Crippen LogP contribution in [0.15, 0.2) is 18.2 Å². The van der Waals surface area contributed by atoms with Crippen LogP contribution >= 0.6 is 0 Å². The molecule has 2 atom stereocenters. The van der Waals surface area contributed by atoms with Crippen molar-refractivity contribution in [2.45, 2.75) is 44.9 Å². The van der Waals surface area contributed by atoms with E-state index in [1.54, 1.807) is 4.90 Å². The first-order valence-corrected chi connectivity index (χ1v) is 7.05. The van der Waals surface area contributed by atoms with Gasteiger partial charge in [-0.15, -0.1) is 0 Å². The number of anilines is 1. The van der Waals surface area contributed by atoms with E-state index < -0.39 is 17.6 Å². The molecular formula is C15H20F4N2. The van der Waals surface area contributed by atoms with Gasteiger partial charge in [0.05, 0.1) is 11.3 Å². The number of nitrogens with one attached hydrogen (secondary N) is 1. The van der Waals surface area contributed by atoms with Crippen LogP contribution in [-0.4, -0.2) is 24.7 Å². The molecule has 0 spiro atoms. The van der Waals surface area contributed by atoms with E-state index in [1.165, 1.54) is 0 Å². The van der Waals surface area contributed by atoms with E-state index in [9.17, 15) is 17.6 Å². The molecule has 0 amide bonds. The van der Waals surface area contributed by atoms with Crippen LogP contribution in [0.1, 0.15) is 32.8 Å². The zero-order valence-corrected chi connectivity index (χ0v) is 12.4. The second-order valence-corrected chi connectivity index (χ2v) is 5.94. The second kappa shape index (κ2) is 5.48. The highest BCUT2D eigenvalue weighted by atomic mass is 19.4. The molecule has 1 aliphatic rings. The van der Waals surface area contributed by atoms with Crippen LogP contribution in [0.25, 0.3) is 0 Å². The number of halogens is 4. The van der Waals surface area contributed by atoms with E-state index >= 15 is 0 Å². The van der Waals surface area contributed by atoms with Crippen molar-refractivity contribution in [3.63, 3.8) is 0 Å². The zero-order valence-electron chi connectivity index (χ0n) is 12.4. The normalized spacial score (nSPS) is 27.0. The van der Waals surface area contributed by atoms with Crippen LogP contribution in [0.5, 0.6) is 0 Å². The van der Waals surface area contributed by atoms with Gasteiger partial charge in [0.2, 0.25) is 0 Å². The van der Waals surface area contributed by atoms with Crippen LogP contribution in [0, 0.1) is 5.82 Å². The molecule has 1 saturated heterocycles. The molecule has 2 nitrogen and oxygen atoms in total. The first-order chi connectivity index (χ1) is 9.66. The molecule has 1 fully saturated rings. The molecule has 1 aromatic rings. The number of benzene rings is 1. The number of nitrogens with zero attached hydrogens (tertiary/aromatic N) is 1. The van der Waals surface area contributed by atoms with Gasteiger partial charge in [0, 0.05) is 24.7 Å². The molecule has 0 aliphatic carbocycles. The van der Waals surface area contributed by atoms with Gasteiger partial charge in [0.15, 0.2) is 0 Å². The summed E-state index contributed by atoms with van der Waals surface area (Å²) in [5, 5.41) is 3.37. The summed E-state index contributed by atoms with van der Waals surface area (Å²) in [5.41, 5.74) is -1.02. The minimum atomic E-state index is -4.46. The number of hydrogen-bond donors (Lipinski definition) is 1. The summed E-state index contributed by atoms with van der Waals surface area (Å²) in [4.78, 5) is 1.73. The summed E-state index contributed by atoms with van der Waals surface area (Å²) in [5.74, 6) is -0.616. The summed E-state index contributed by atoms with van der Waals surface area (Å²) >= 11 is 0. The first kappa shape index (κ1) is 16.1. The second-order valence-electron chi connectivity index (χ2n) is 5.94. The average molecular weight is 304 g/mol. The maximum Gasteiger partial charge on any atom is 0.416 e. The van der Waals surface area contributed by atoms with Crippen LogP contribution in [0.4, 0.5) is 23.2 Å². The molecule has 0 saturated carbocycles. The lowest BCUT2D eigenvalue weighted by atomic mass is 9.93. The predicted molar refractivity (Wildman–Crippen MR) is 74.9 cm³/mol. The lowest BCUT2D eigenvalue weighted by Gasteiger charge is -2.46. The molecule has 21 heavy (non-hydrogen) atoms. The summed E-state index contributed by atoms with van der Waals surface area (Å²) < 4.78 is 52.5. The molecule has 2 unspecified atom stereocenters. The van der Waals surface area contributed by atoms with Gasteiger partial charge in [-0.1, -0.05) is 6.92 Å². The zero-order chi connectivity index (χ0) is 15.8. The molecule has 0 radical (unpaired) electrons. The smallest absolute Gasteiger partial charge is 0.363 e. The van der Waals surface area contributed by atoms with Crippen molar-refractivity contribution in [1.29, 1.82) is 0 Å². The van der Waals surface area contributed by atoms with Crippen molar-refractivity contribution in [1.82, 2.24) is 5.32 Å². The van der Waals surface area contributed by atoms with E-state index in [1.807, 2.05) is 20.8 Å². The Kier molecular flexibility index (Phi) is 4.19. The third kappa shape index (κ3) is 3.31. The predicted octanol–water partition coefficient (Wildman–Crippen LogP) is 3.81. The Morgan fingerprint density at radius 3 is 2.62 bits per heavy atom. The highest BCUT2D eigenvalue weighted by molar-refractivity contribution is 5.52. The van der Waals surface area contributed by atoms with Gasteiger partial charge in [-0.3, -0.25) is 0 Å². The number of piperazine rings is 1. The van der Waals surface area contributed by atoms with Crippen molar-refractivity contribution >= 4 is 5.69 Å². The highest BCUT2D eigenvalue weighted by Crippen LogP contribution is 2.35. The maximum atomic E-state index is 14.0. The Bertz CT molecular complexity index is 515. The van der Waals surface area contributed by atoms with E-state index in [2.05, 4.69) is 5.32 Å². The van der Waals surface area contributed by atoms with Crippen molar-refractivity contribution in [2.24, 2.45) is 0 Å². The van der Waals surface area contributed by atoms with E-state index in [0.717, 1.165) is 24.6 Å². The molecule has 1 aromatic carbocycles. The number of hydrogen-bond acceptors (Lipinski definition) is 2. The Labute approximate surface area is 122 Å². The molecule has 1 heterocycles. The third-order valence-electron chi connectivity index (χ3n) is 4.24. The van der Waals surface area contributed by atoms with Crippen LogP contribution in [0.2, 0.25) is 0 Å². The molecule has 118 valence electrons. The standard InChI is InChI=1S/C15H20F4N2/c1-4-14(3)9-21(10(2)8-20-14)13-7-11(15(17,18)19)5-6-12(13)16/h5-7,10,20H,4,8-9H2,1-3H3. The SMILES string of the molecule is CCC1(C)CN(c2cc(C(F)(F)F)ccc2F)C(C)CN1. The van der Waals surface area contributed by atoms with Gasteiger partial charge in [-0.05, 0) is 38.5 Å².